The molecule has 0 fully saturated rings. The van der Waals surface area contributed by atoms with E-state index in [1.165, 1.54) is 119 Å². The molecule has 0 nitrogen and oxygen atoms in total. The summed E-state index contributed by atoms with van der Waals surface area (Å²) in [6.45, 7) is 4.57. The first-order valence-electron chi connectivity index (χ1n) is 13.6. The molecule has 3 rings (SSSR count). The molecule has 0 saturated heterocycles. The Hall–Kier alpha value is -1.16. The number of unbranched alkanes of at least 4 members (excludes halogenated alkanes) is 8. The number of aryl methyl sites for hydroxylation is 2. The van der Waals surface area contributed by atoms with E-state index in [1.807, 2.05) is 34.9 Å². The van der Waals surface area contributed by atoms with Crippen molar-refractivity contribution in [3.8, 4) is 20.9 Å². The van der Waals surface area contributed by atoms with Gasteiger partial charge in [-0.2, -0.15) is 0 Å². The lowest BCUT2D eigenvalue weighted by Gasteiger charge is -2.06. The summed E-state index contributed by atoms with van der Waals surface area (Å²) < 4.78 is 0. The van der Waals surface area contributed by atoms with Crippen molar-refractivity contribution in [2.45, 2.75) is 101 Å². The molecular formula is C32H44S3. The molecule has 1 heterocycles. The monoisotopic (exact) mass is 524 g/mol. The van der Waals surface area contributed by atoms with Crippen LogP contribution in [0.1, 0.15) is 89.2 Å². The molecule has 0 unspecified atom stereocenters. The average molecular weight is 525 g/mol. The molecule has 0 saturated carbocycles. The van der Waals surface area contributed by atoms with Gasteiger partial charge in [-0.3, -0.25) is 0 Å². The number of thiophene rings is 1. The van der Waals surface area contributed by atoms with Gasteiger partial charge in [0.05, 0.1) is 0 Å². The Labute approximate surface area is 227 Å². The summed E-state index contributed by atoms with van der Waals surface area (Å²) in [5.74, 6) is 0. The zero-order valence-electron chi connectivity index (χ0n) is 22.3. The molecule has 2 aromatic carbocycles. The summed E-state index contributed by atoms with van der Waals surface area (Å²) in [7, 11) is 0. The zero-order chi connectivity index (χ0) is 24.9. The zero-order valence-corrected chi connectivity index (χ0v) is 24.8. The topological polar surface area (TPSA) is 0 Å². The van der Waals surface area contributed by atoms with Gasteiger partial charge < -0.3 is 0 Å². The summed E-state index contributed by atoms with van der Waals surface area (Å²) in [5.41, 5.74) is 5.67. The molecule has 0 spiro atoms. The highest BCUT2D eigenvalue weighted by Gasteiger charge is 2.19. The Balaban J connectivity index is 1.72. The fourth-order valence-electron chi connectivity index (χ4n) is 4.66. The lowest BCUT2D eigenvalue weighted by atomic mass is 10.0. The summed E-state index contributed by atoms with van der Waals surface area (Å²) in [6.07, 6.45) is 20.3. The maximum Gasteiger partial charge on any atom is 0.0496 e. The fourth-order valence-corrected chi connectivity index (χ4v) is 8.32. The van der Waals surface area contributed by atoms with Gasteiger partial charge in [-0.05, 0) is 60.4 Å². The maximum absolute atomic E-state index is 2.35. The van der Waals surface area contributed by atoms with Crippen molar-refractivity contribution < 1.29 is 0 Å². The van der Waals surface area contributed by atoms with E-state index >= 15 is 0 Å². The second-order valence-electron chi connectivity index (χ2n) is 9.55. The molecule has 0 aliphatic rings. The Kier molecular flexibility index (Phi) is 12.9. The molecule has 0 bridgehead atoms. The van der Waals surface area contributed by atoms with Gasteiger partial charge in [0.2, 0.25) is 0 Å². The molecular weight excluding hydrogens is 481 g/mol. The minimum atomic E-state index is 1.20. The van der Waals surface area contributed by atoms with Crippen molar-refractivity contribution in [1.29, 1.82) is 0 Å². The minimum absolute atomic E-state index is 1.20. The summed E-state index contributed by atoms with van der Waals surface area (Å²) in [4.78, 5) is 5.72. The molecule has 0 atom stereocenters. The number of benzene rings is 2. The second kappa shape index (κ2) is 15.8. The third kappa shape index (κ3) is 8.44. The van der Waals surface area contributed by atoms with Gasteiger partial charge >= 0.3 is 0 Å². The summed E-state index contributed by atoms with van der Waals surface area (Å²) >= 11 is 5.75. The van der Waals surface area contributed by atoms with Gasteiger partial charge in [0.15, 0.2) is 0 Å². The molecule has 0 amide bonds. The van der Waals surface area contributed by atoms with Crippen LogP contribution in [0.15, 0.2) is 58.3 Å². The van der Waals surface area contributed by atoms with Crippen LogP contribution in [0, 0.1) is 0 Å². The van der Waals surface area contributed by atoms with Crippen molar-refractivity contribution in [3.05, 3.63) is 59.7 Å². The molecule has 3 aromatic rings. The molecule has 35 heavy (non-hydrogen) atoms. The van der Waals surface area contributed by atoms with E-state index in [0.29, 0.717) is 0 Å². The standard InChI is InChI=1S/C32H44S3/c1-5-7-9-11-13-15-25-17-21-27(22-18-25)29-31(33-3)32(34-4)30(35-29)28-23-19-26(20-24-28)16-14-12-10-8-6-2/h17-24H,5-16H2,1-4H3. The van der Waals surface area contributed by atoms with Crippen molar-refractivity contribution in [2.24, 2.45) is 0 Å². The number of rotatable bonds is 16. The van der Waals surface area contributed by atoms with Gasteiger partial charge in [-0.15, -0.1) is 34.9 Å². The van der Waals surface area contributed by atoms with Gasteiger partial charge in [0, 0.05) is 19.5 Å². The van der Waals surface area contributed by atoms with Crippen molar-refractivity contribution in [2.75, 3.05) is 12.5 Å². The highest BCUT2D eigenvalue weighted by Crippen LogP contribution is 2.50. The van der Waals surface area contributed by atoms with Crippen LogP contribution in [-0.2, 0) is 12.8 Å². The predicted octanol–water partition coefficient (Wildman–Crippen LogP) is 11.6. The molecule has 0 N–H and O–H groups in total. The van der Waals surface area contributed by atoms with Gasteiger partial charge in [0.25, 0.3) is 0 Å². The van der Waals surface area contributed by atoms with E-state index in [2.05, 4.69) is 74.9 Å². The third-order valence-corrected chi connectivity index (χ3v) is 10.1. The minimum Gasteiger partial charge on any atom is -0.133 e. The van der Waals surface area contributed by atoms with Crippen molar-refractivity contribution in [1.82, 2.24) is 0 Å². The molecule has 0 radical (unpaired) electrons. The number of thioether (sulfide) groups is 2. The quantitative estimate of drug-likeness (QED) is 0.135. The van der Waals surface area contributed by atoms with Crippen LogP contribution in [0.4, 0.5) is 0 Å². The normalized spacial score (nSPS) is 11.3. The van der Waals surface area contributed by atoms with Crippen LogP contribution < -0.4 is 0 Å². The average Bonchev–Trinajstić information content (AvgIpc) is 3.28. The molecule has 0 aliphatic heterocycles. The Bertz CT molecular complexity index is 903. The number of hydrogen-bond acceptors (Lipinski definition) is 3. The summed E-state index contributed by atoms with van der Waals surface area (Å²) in [6, 6.07) is 18.8. The molecule has 1 aromatic heterocycles. The highest BCUT2D eigenvalue weighted by atomic mass is 32.2. The Morgan fingerprint density at radius 1 is 0.514 bits per heavy atom. The van der Waals surface area contributed by atoms with Crippen molar-refractivity contribution >= 4 is 34.9 Å². The first-order chi connectivity index (χ1) is 17.2. The van der Waals surface area contributed by atoms with E-state index in [-0.39, 0.29) is 0 Å². The molecule has 3 heteroatoms. The van der Waals surface area contributed by atoms with E-state index in [1.54, 1.807) is 0 Å². The molecule has 190 valence electrons. The van der Waals surface area contributed by atoms with Crippen LogP contribution in [0.3, 0.4) is 0 Å². The van der Waals surface area contributed by atoms with Gasteiger partial charge in [0.1, 0.15) is 0 Å². The fraction of sp³-hybridized carbons (Fsp3) is 0.500. The molecule has 0 aliphatic carbocycles. The third-order valence-electron chi connectivity index (χ3n) is 6.80. The SMILES string of the molecule is CCCCCCCc1ccc(-c2sc(-c3ccc(CCCCCCC)cc3)c(SC)c2SC)cc1. The Morgan fingerprint density at radius 3 is 1.23 bits per heavy atom. The smallest absolute Gasteiger partial charge is 0.0496 e. The van der Waals surface area contributed by atoms with E-state index in [0.717, 1.165) is 0 Å². The highest BCUT2D eigenvalue weighted by molar-refractivity contribution is 8.02. The first kappa shape index (κ1) is 28.4. The van der Waals surface area contributed by atoms with E-state index < -0.39 is 0 Å². The maximum atomic E-state index is 2.35. The lowest BCUT2D eigenvalue weighted by Crippen LogP contribution is -1.87. The van der Waals surface area contributed by atoms with Gasteiger partial charge in [-0.25, -0.2) is 0 Å². The predicted molar refractivity (Wildman–Crippen MR) is 164 cm³/mol. The summed E-state index contributed by atoms with van der Waals surface area (Å²) in [5, 5.41) is 0. The van der Waals surface area contributed by atoms with Gasteiger partial charge in [-0.1, -0.05) is 114 Å². The van der Waals surface area contributed by atoms with Crippen LogP contribution in [0.5, 0.6) is 0 Å². The lowest BCUT2D eigenvalue weighted by molar-refractivity contribution is 0.632. The van der Waals surface area contributed by atoms with Crippen molar-refractivity contribution in [3.63, 3.8) is 0 Å². The van der Waals surface area contributed by atoms with E-state index in [9.17, 15) is 0 Å². The van der Waals surface area contributed by atoms with Crippen LogP contribution in [0.2, 0.25) is 0 Å². The van der Waals surface area contributed by atoms with E-state index in [4.69, 9.17) is 0 Å². The Morgan fingerprint density at radius 2 is 0.886 bits per heavy atom. The van der Waals surface area contributed by atoms with Crippen LogP contribution >= 0.6 is 34.9 Å². The largest absolute Gasteiger partial charge is 0.133 e. The van der Waals surface area contributed by atoms with Crippen LogP contribution in [-0.4, -0.2) is 12.5 Å². The van der Waals surface area contributed by atoms with Crippen LogP contribution in [0.25, 0.3) is 20.9 Å². The number of hydrogen-bond donors (Lipinski definition) is 0. The second-order valence-corrected chi connectivity index (χ2v) is 12.2. The first-order valence-corrected chi connectivity index (χ1v) is 16.9.